The van der Waals surface area contributed by atoms with Gasteiger partial charge in [0.15, 0.2) is 0 Å². The van der Waals surface area contributed by atoms with Gasteiger partial charge >= 0.3 is 0 Å². The number of rotatable bonds is 3. The lowest BCUT2D eigenvalue weighted by molar-refractivity contribution is 0.830. The van der Waals surface area contributed by atoms with E-state index in [1.54, 1.807) is 12.1 Å². The third-order valence-electron chi connectivity index (χ3n) is 2.09. The van der Waals surface area contributed by atoms with E-state index in [9.17, 15) is 0 Å². The SMILES string of the molecule is CNCc1snnc1-c1ccc(Cl)c(Cl)c1. The van der Waals surface area contributed by atoms with E-state index in [2.05, 4.69) is 14.9 Å². The molecule has 1 N–H and O–H groups in total. The van der Waals surface area contributed by atoms with Gasteiger partial charge in [-0.05, 0) is 30.7 Å². The first kappa shape index (κ1) is 11.8. The van der Waals surface area contributed by atoms with E-state index in [0.29, 0.717) is 10.0 Å². The van der Waals surface area contributed by atoms with Gasteiger partial charge in [-0.25, -0.2) is 0 Å². The predicted molar refractivity (Wildman–Crippen MR) is 68.1 cm³/mol. The average Bonchev–Trinajstić information content (AvgIpc) is 2.71. The molecule has 0 atom stereocenters. The molecule has 1 aromatic heterocycles. The highest BCUT2D eigenvalue weighted by molar-refractivity contribution is 7.05. The van der Waals surface area contributed by atoms with Crippen molar-refractivity contribution in [2.45, 2.75) is 6.54 Å². The first-order chi connectivity index (χ1) is 7.72. The molecule has 0 saturated heterocycles. The Balaban J connectivity index is 2.42. The van der Waals surface area contributed by atoms with E-state index in [1.807, 2.05) is 13.1 Å². The van der Waals surface area contributed by atoms with Crippen molar-refractivity contribution in [1.29, 1.82) is 0 Å². The van der Waals surface area contributed by atoms with Gasteiger partial charge in [-0.2, -0.15) is 0 Å². The zero-order valence-electron chi connectivity index (χ0n) is 8.50. The molecule has 0 bridgehead atoms. The van der Waals surface area contributed by atoms with Gasteiger partial charge in [0.1, 0.15) is 5.69 Å². The normalized spacial score (nSPS) is 10.7. The van der Waals surface area contributed by atoms with Gasteiger partial charge < -0.3 is 5.32 Å². The number of nitrogens with one attached hydrogen (secondary N) is 1. The van der Waals surface area contributed by atoms with E-state index in [-0.39, 0.29) is 0 Å². The predicted octanol–water partition coefficient (Wildman–Crippen LogP) is 3.23. The molecule has 0 aliphatic rings. The van der Waals surface area contributed by atoms with Crippen LogP contribution in [0.25, 0.3) is 11.3 Å². The van der Waals surface area contributed by atoms with Crippen LogP contribution >= 0.6 is 34.7 Å². The maximum absolute atomic E-state index is 5.97. The fourth-order valence-electron chi connectivity index (χ4n) is 1.35. The van der Waals surface area contributed by atoms with Crippen molar-refractivity contribution in [2.75, 3.05) is 7.05 Å². The Kier molecular flexibility index (Phi) is 3.76. The summed E-state index contributed by atoms with van der Waals surface area (Å²) in [6, 6.07) is 5.46. The molecule has 0 aliphatic heterocycles. The van der Waals surface area contributed by atoms with E-state index in [1.165, 1.54) is 11.5 Å². The van der Waals surface area contributed by atoms with Gasteiger partial charge in [0, 0.05) is 12.1 Å². The van der Waals surface area contributed by atoms with Crippen molar-refractivity contribution in [2.24, 2.45) is 0 Å². The Morgan fingerprint density at radius 3 is 2.81 bits per heavy atom. The summed E-state index contributed by atoms with van der Waals surface area (Å²) in [5.74, 6) is 0. The highest BCUT2D eigenvalue weighted by Gasteiger charge is 2.10. The Labute approximate surface area is 108 Å². The van der Waals surface area contributed by atoms with E-state index >= 15 is 0 Å². The van der Waals surface area contributed by atoms with Crippen LogP contribution in [0, 0.1) is 0 Å². The van der Waals surface area contributed by atoms with Gasteiger partial charge in [0.2, 0.25) is 0 Å². The molecule has 0 amide bonds. The average molecular weight is 274 g/mol. The van der Waals surface area contributed by atoms with E-state index in [4.69, 9.17) is 23.2 Å². The summed E-state index contributed by atoms with van der Waals surface area (Å²) in [7, 11) is 1.89. The summed E-state index contributed by atoms with van der Waals surface area (Å²) >= 11 is 13.2. The lowest BCUT2D eigenvalue weighted by Gasteiger charge is -2.02. The van der Waals surface area contributed by atoms with Crippen LogP contribution < -0.4 is 5.32 Å². The lowest BCUT2D eigenvalue weighted by atomic mass is 10.1. The minimum atomic E-state index is 0.530. The summed E-state index contributed by atoms with van der Waals surface area (Å²) in [6.45, 7) is 0.743. The van der Waals surface area contributed by atoms with Crippen molar-refractivity contribution in [1.82, 2.24) is 14.9 Å². The Bertz CT molecular complexity index is 499. The van der Waals surface area contributed by atoms with Crippen LogP contribution in [0.4, 0.5) is 0 Å². The molecule has 0 saturated carbocycles. The Hall–Kier alpha value is -0.680. The van der Waals surface area contributed by atoms with Gasteiger partial charge in [0.05, 0.1) is 14.9 Å². The van der Waals surface area contributed by atoms with Gasteiger partial charge in [-0.3, -0.25) is 0 Å². The molecular formula is C10H9Cl2N3S. The molecule has 2 rings (SSSR count). The third-order valence-corrected chi connectivity index (χ3v) is 3.55. The monoisotopic (exact) mass is 273 g/mol. The molecule has 2 aromatic rings. The van der Waals surface area contributed by atoms with Gasteiger partial charge in [-0.1, -0.05) is 33.8 Å². The minimum Gasteiger partial charge on any atom is -0.315 e. The number of benzene rings is 1. The van der Waals surface area contributed by atoms with Crippen LogP contribution in [0.3, 0.4) is 0 Å². The van der Waals surface area contributed by atoms with Gasteiger partial charge in [0.25, 0.3) is 0 Å². The highest BCUT2D eigenvalue weighted by Crippen LogP contribution is 2.30. The second kappa shape index (κ2) is 5.10. The summed E-state index contributed by atoms with van der Waals surface area (Å²) in [5, 5.41) is 8.26. The summed E-state index contributed by atoms with van der Waals surface area (Å²) in [4.78, 5) is 1.08. The fraction of sp³-hybridized carbons (Fsp3) is 0.200. The molecule has 3 nitrogen and oxygen atoms in total. The zero-order chi connectivity index (χ0) is 11.5. The summed E-state index contributed by atoms with van der Waals surface area (Å²) in [5.41, 5.74) is 1.80. The second-order valence-electron chi connectivity index (χ2n) is 3.20. The van der Waals surface area contributed by atoms with Crippen LogP contribution in [0.5, 0.6) is 0 Å². The van der Waals surface area contributed by atoms with Crippen LogP contribution in [0.15, 0.2) is 18.2 Å². The van der Waals surface area contributed by atoms with Crippen LogP contribution in [0.2, 0.25) is 10.0 Å². The summed E-state index contributed by atoms with van der Waals surface area (Å²) < 4.78 is 3.94. The smallest absolute Gasteiger partial charge is 0.110 e. The number of aromatic nitrogens is 2. The largest absolute Gasteiger partial charge is 0.315 e. The standard InChI is InChI=1S/C10H9Cl2N3S/c1-13-5-9-10(14-15-16-9)6-2-3-7(11)8(12)4-6/h2-4,13H,5H2,1H3. The molecule has 0 unspecified atom stereocenters. The van der Waals surface area contributed by atoms with Crippen molar-refractivity contribution < 1.29 is 0 Å². The molecular weight excluding hydrogens is 265 g/mol. The lowest BCUT2D eigenvalue weighted by Crippen LogP contribution is -2.04. The van der Waals surface area contributed by atoms with Crippen molar-refractivity contribution >= 4 is 34.7 Å². The Morgan fingerprint density at radius 2 is 2.12 bits per heavy atom. The van der Waals surface area contributed by atoms with Crippen molar-refractivity contribution in [3.63, 3.8) is 0 Å². The van der Waals surface area contributed by atoms with Crippen molar-refractivity contribution in [3.05, 3.63) is 33.1 Å². The first-order valence-corrected chi connectivity index (χ1v) is 6.16. The van der Waals surface area contributed by atoms with Crippen LogP contribution in [-0.2, 0) is 6.54 Å². The third kappa shape index (κ3) is 2.35. The second-order valence-corrected chi connectivity index (χ2v) is 4.86. The number of nitrogens with zero attached hydrogens (tertiary/aromatic N) is 2. The molecule has 0 spiro atoms. The molecule has 1 aromatic carbocycles. The quantitative estimate of drug-likeness (QED) is 0.933. The fourth-order valence-corrected chi connectivity index (χ4v) is 2.32. The first-order valence-electron chi connectivity index (χ1n) is 4.63. The molecule has 16 heavy (non-hydrogen) atoms. The highest BCUT2D eigenvalue weighted by atomic mass is 35.5. The van der Waals surface area contributed by atoms with Crippen molar-refractivity contribution in [3.8, 4) is 11.3 Å². The van der Waals surface area contributed by atoms with E-state index in [0.717, 1.165) is 22.7 Å². The molecule has 0 radical (unpaired) electrons. The van der Waals surface area contributed by atoms with Gasteiger partial charge in [-0.15, -0.1) is 5.10 Å². The minimum absolute atomic E-state index is 0.530. The summed E-state index contributed by atoms with van der Waals surface area (Å²) in [6.07, 6.45) is 0. The molecule has 84 valence electrons. The molecule has 0 fully saturated rings. The maximum Gasteiger partial charge on any atom is 0.110 e. The topological polar surface area (TPSA) is 37.8 Å². The molecule has 1 heterocycles. The number of hydrogen-bond acceptors (Lipinski definition) is 4. The molecule has 0 aliphatic carbocycles. The zero-order valence-corrected chi connectivity index (χ0v) is 10.8. The maximum atomic E-state index is 5.97. The molecule has 6 heteroatoms. The Morgan fingerprint density at radius 1 is 1.31 bits per heavy atom. The number of hydrogen-bond donors (Lipinski definition) is 1. The number of halogens is 2. The van der Waals surface area contributed by atoms with E-state index < -0.39 is 0 Å². The van der Waals surface area contributed by atoms with Crippen LogP contribution in [-0.4, -0.2) is 16.6 Å². The van der Waals surface area contributed by atoms with Crippen LogP contribution in [0.1, 0.15) is 4.88 Å².